The highest BCUT2D eigenvalue weighted by molar-refractivity contribution is 4.70. The maximum absolute atomic E-state index is 11.3. The maximum atomic E-state index is 11.3. The molecule has 8 heavy (non-hydrogen) atoms. The molecule has 0 unspecified atom stereocenters. The summed E-state index contributed by atoms with van der Waals surface area (Å²) in [5, 5.41) is 9.62. The molecule has 0 spiro atoms. The van der Waals surface area contributed by atoms with E-state index in [4.69, 9.17) is 0 Å². The quantitative estimate of drug-likeness (QED) is 0.397. The summed E-state index contributed by atoms with van der Waals surface area (Å²) in [6.07, 6.45) is 4.33. The van der Waals surface area contributed by atoms with Gasteiger partial charge in [-0.25, -0.2) is 0 Å². The predicted octanol–water partition coefficient (Wildman–Crippen LogP) is 2.07. The average molecular weight is 117 g/mol. The summed E-state index contributed by atoms with van der Waals surface area (Å²) in [4.78, 5) is 0. The van der Waals surface area contributed by atoms with E-state index in [9.17, 15) is 9.50 Å². The predicted molar refractivity (Wildman–Crippen MR) is 29.7 cm³/mol. The van der Waals surface area contributed by atoms with Crippen molar-refractivity contribution in [1.29, 1.82) is 0 Å². The van der Waals surface area contributed by atoms with Crippen LogP contribution in [-0.4, -0.2) is 6.67 Å². The fraction of sp³-hybridized carbons (Fsp3) is 0.667. The van der Waals surface area contributed by atoms with Gasteiger partial charge in [0.2, 0.25) is 0 Å². The SMILES string of the molecule is [O]C=CCCCCF. The fourth-order valence-electron chi connectivity index (χ4n) is 0.425. The van der Waals surface area contributed by atoms with Gasteiger partial charge in [-0.15, -0.1) is 0 Å². The largest absolute Gasteiger partial charge is 0.299 e. The minimum Gasteiger partial charge on any atom is -0.299 e. The maximum Gasteiger partial charge on any atom is 0.138 e. The molecule has 0 aliphatic carbocycles. The Balaban J connectivity index is 2.72. The Kier molecular flexibility index (Phi) is 6.04. The second kappa shape index (κ2) is 6.47. The Morgan fingerprint density at radius 1 is 1.38 bits per heavy atom. The second-order valence-corrected chi connectivity index (χ2v) is 1.56. The highest BCUT2D eigenvalue weighted by atomic mass is 19.1. The van der Waals surface area contributed by atoms with Gasteiger partial charge in [0.1, 0.15) is 6.26 Å². The van der Waals surface area contributed by atoms with Gasteiger partial charge < -0.3 is 0 Å². The van der Waals surface area contributed by atoms with E-state index in [2.05, 4.69) is 0 Å². The molecule has 1 nitrogen and oxygen atoms in total. The van der Waals surface area contributed by atoms with Gasteiger partial charge in [-0.1, -0.05) is 0 Å². The average Bonchev–Trinajstić information content (AvgIpc) is 1.81. The number of hydrogen-bond donors (Lipinski definition) is 0. The van der Waals surface area contributed by atoms with E-state index >= 15 is 0 Å². The minimum atomic E-state index is -0.271. The number of alkyl halides is 1. The fourth-order valence-corrected chi connectivity index (χ4v) is 0.425. The smallest absolute Gasteiger partial charge is 0.138 e. The van der Waals surface area contributed by atoms with Crippen molar-refractivity contribution >= 4 is 0 Å². The lowest BCUT2D eigenvalue weighted by molar-refractivity contribution is 0.349. The first-order valence-corrected chi connectivity index (χ1v) is 2.74. The molecular formula is C6H10FO. The Hall–Kier alpha value is -0.530. The molecule has 0 heterocycles. The lowest BCUT2D eigenvalue weighted by Crippen LogP contribution is -1.74. The molecule has 0 aromatic rings. The Bertz CT molecular complexity index is 61.5. The Morgan fingerprint density at radius 3 is 2.62 bits per heavy atom. The molecule has 47 valence electrons. The molecule has 0 aromatic carbocycles. The molecule has 0 rings (SSSR count). The third-order valence-corrected chi connectivity index (χ3v) is 0.851. The van der Waals surface area contributed by atoms with Crippen LogP contribution in [0.4, 0.5) is 4.39 Å². The van der Waals surface area contributed by atoms with Crippen molar-refractivity contribution in [2.45, 2.75) is 19.3 Å². The standard InChI is InChI=1S/C6H10FO/c7-5-3-1-2-4-6-8/h4,6H,1-3,5H2. The van der Waals surface area contributed by atoms with Gasteiger partial charge in [0.25, 0.3) is 0 Å². The van der Waals surface area contributed by atoms with Gasteiger partial charge in [0.15, 0.2) is 0 Å². The number of halogens is 1. The van der Waals surface area contributed by atoms with Gasteiger partial charge >= 0.3 is 0 Å². The van der Waals surface area contributed by atoms with Crippen LogP contribution in [0, 0.1) is 0 Å². The van der Waals surface area contributed by atoms with Crippen LogP contribution in [0.15, 0.2) is 12.3 Å². The van der Waals surface area contributed by atoms with Crippen LogP contribution in [0.1, 0.15) is 19.3 Å². The lowest BCUT2D eigenvalue weighted by atomic mass is 10.2. The van der Waals surface area contributed by atoms with Crippen LogP contribution in [0.25, 0.3) is 0 Å². The van der Waals surface area contributed by atoms with E-state index in [0.717, 1.165) is 12.7 Å². The zero-order valence-corrected chi connectivity index (χ0v) is 4.77. The third kappa shape index (κ3) is 5.47. The molecule has 2 heteroatoms. The van der Waals surface area contributed by atoms with Crippen LogP contribution in [-0.2, 0) is 5.11 Å². The molecule has 0 aromatic heterocycles. The van der Waals surface area contributed by atoms with E-state index in [-0.39, 0.29) is 6.67 Å². The molecule has 0 atom stereocenters. The van der Waals surface area contributed by atoms with Crippen molar-refractivity contribution in [2.24, 2.45) is 0 Å². The summed E-state index contributed by atoms with van der Waals surface area (Å²) in [5.41, 5.74) is 0. The monoisotopic (exact) mass is 117 g/mol. The van der Waals surface area contributed by atoms with Gasteiger partial charge in [-0.2, -0.15) is 0 Å². The summed E-state index contributed by atoms with van der Waals surface area (Å²) in [7, 11) is 0. The van der Waals surface area contributed by atoms with Crippen molar-refractivity contribution in [1.82, 2.24) is 0 Å². The van der Waals surface area contributed by atoms with Gasteiger partial charge in [-0.3, -0.25) is 9.50 Å². The summed E-state index contributed by atoms with van der Waals surface area (Å²) >= 11 is 0. The second-order valence-electron chi connectivity index (χ2n) is 1.56. The number of rotatable bonds is 4. The molecule has 0 saturated carbocycles. The molecule has 0 amide bonds. The summed E-state index contributed by atoms with van der Waals surface area (Å²) in [6, 6.07) is 0. The van der Waals surface area contributed by atoms with Crippen LogP contribution >= 0.6 is 0 Å². The molecule has 0 N–H and O–H groups in total. The highest BCUT2D eigenvalue weighted by Gasteiger charge is 1.81. The van der Waals surface area contributed by atoms with Crippen molar-refractivity contribution in [3.63, 3.8) is 0 Å². The topological polar surface area (TPSA) is 19.9 Å². The van der Waals surface area contributed by atoms with Crippen LogP contribution in [0.5, 0.6) is 0 Å². The first-order valence-electron chi connectivity index (χ1n) is 2.74. The first kappa shape index (κ1) is 7.47. The molecule has 0 fully saturated rings. The molecule has 1 radical (unpaired) electrons. The first-order chi connectivity index (χ1) is 3.91. The van der Waals surface area contributed by atoms with Gasteiger partial charge in [0.05, 0.1) is 6.67 Å². The number of allylic oxidation sites excluding steroid dienone is 1. The Morgan fingerprint density at radius 2 is 2.12 bits per heavy atom. The van der Waals surface area contributed by atoms with Crippen LogP contribution < -0.4 is 0 Å². The van der Waals surface area contributed by atoms with E-state index < -0.39 is 0 Å². The lowest BCUT2D eigenvalue weighted by Gasteiger charge is -1.86. The van der Waals surface area contributed by atoms with E-state index in [0.29, 0.717) is 12.8 Å². The highest BCUT2D eigenvalue weighted by Crippen LogP contribution is 1.95. The van der Waals surface area contributed by atoms with Crippen LogP contribution in [0.3, 0.4) is 0 Å². The summed E-state index contributed by atoms with van der Waals surface area (Å²) in [5.74, 6) is 0. The third-order valence-electron chi connectivity index (χ3n) is 0.851. The van der Waals surface area contributed by atoms with E-state index in [1.165, 1.54) is 6.08 Å². The van der Waals surface area contributed by atoms with Gasteiger partial charge in [0, 0.05) is 0 Å². The summed E-state index contributed by atoms with van der Waals surface area (Å²) < 4.78 is 11.3. The van der Waals surface area contributed by atoms with Crippen LogP contribution in [0.2, 0.25) is 0 Å². The normalized spacial score (nSPS) is 10.6. The minimum absolute atomic E-state index is 0.271. The summed E-state index contributed by atoms with van der Waals surface area (Å²) in [6.45, 7) is -0.271. The molecule has 0 aliphatic heterocycles. The van der Waals surface area contributed by atoms with Crippen molar-refractivity contribution in [3.8, 4) is 0 Å². The van der Waals surface area contributed by atoms with E-state index in [1.807, 2.05) is 0 Å². The van der Waals surface area contributed by atoms with Crippen molar-refractivity contribution in [3.05, 3.63) is 12.3 Å². The zero-order chi connectivity index (χ0) is 6.24. The molecular weight excluding hydrogens is 107 g/mol. The van der Waals surface area contributed by atoms with Crippen molar-refractivity contribution in [2.75, 3.05) is 6.67 Å². The Labute approximate surface area is 48.8 Å². The van der Waals surface area contributed by atoms with E-state index in [1.54, 1.807) is 0 Å². The molecule has 0 saturated heterocycles. The zero-order valence-electron chi connectivity index (χ0n) is 4.77. The number of hydrogen-bond acceptors (Lipinski definition) is 0. The molecule has 0 aliphatic rings. The van der Waals surface area contributed by atoms with Gasteiger partial charge in [-0.05, 0) is 25.3 Å². The van der Waals surface area contributed by atoms with Crippen molar-refractivity contribution < 1.29 is 9.50 Å². The number of unbranched alkanes of at least 4 members (excludes halogenated alkanes) is 2. The molecule has 0 bridgehead atoms.